The van der Waals surface area contributed by atoms with Gasteiger partial charge in [0.05, 0.1) is 20.3 Å². The molecule has 3 aromatic rings. The molecular weight excluding hydrogens is 624 g/mol. The van der Waals surface area contributed by atoms with Crippen LogP contribution in [0.2, 0.25) is 0 Å². The van der Waals surface area contributed by atoms with Crippen LogP contribution in [0.4, 0.5) is 0 Å². The number of methoxy groups -OCH3 is 1. The van der Waals surface area contributed by atoms with Gasteiger partial charge in [0.15, 0.2) is 35.0 Å². The van der Waals surface area contributed by atoms with E-state index in [2.05, 4.69) is 0 Å². The zero-order valence-corrected chi connectivity index (χ0v) is 23.8. The molecular formula is C28H32O18. The fourth-order valence-corrected chi connectivity index (χ4v) is 5.17. The minimum Gasteiger partial charge on any atom is -0.504 e. The number of ether oxygens (including phenoxy) is 5. The van der Waals surface area contributed by atoms with Crippen LogP contribution in [0, 0.1) is 0 Å². The Bertz CT molecular complexity index is 1620. The first-order chi connectivity index (χ1) is 21.8. The molecule has 2 aliphatic rings. The molecule has 5 rings (SSSR count). The predicted octanol–water partition coefficient (Wildman–Crippen LogP) is -2.71. The van der Waals surface area contributed by atoms with Crippen LogP contribution in [0.25, 0.3) is 22.3 Å². The van der Waals surface area contributed by atoms with Gasteiger partial charge in [0.25, 0.3) is 0 Å². The maximum Gasteiger partial charge on any atom is 0.239 e. The third-order valence-electron chi connectivity index (χ3n) is 7.71. The Labute approximate surface area is 257 Å². The van der Waals surface area contributed by atoms with Crippen molar-refractivity contribution < 1.29 is 84.3 Å². The average molecular weight is 657 g/mol. The molecule has 1 aromatic heterocycles. The van der Waals surface area contributed by atoms with Gasteiger partial charge in [-0.1, -0.05) is 0 Å². The number of phenolic OH excluding ortho intramolecular Hbond substituents is 4. The molecule has 0 spiro atoms. The van der Waals surface area contributed by atoms with Crippen molar-refractivity contribution in [2.45, 2.75) is 61.4 Å². The van der Waals surface area contributed by atoms with Crippen LogP contribution in [0.1, 0.15) is 0 Å². The van der Waals surface area contributed by atoms with E-state index >= 15 is 0 Å². The predicted molar refractivity (Wildman–Crippen MR) is 148 cm³/mol. The molecule has 3 heterocycles. The monoisotopic (exact) mass is 656 g/mol. The fourth-order valence-electron chi connectivity index (χ4n) is 5.17. The molecule has 11 N–H and O–H groups in total. The number of aromatic hydroxyl groups is 4. The number of hydrogen-bond donors (Lipinski definition) is 11. The summed E-state index contributed by atoms with van der Waals surface area (Å²) in [7, 11) is 1.17. The summed E-state index contributed by atoms with van der Waals surface area (Å²) in [5.74, 6) is -4.42. The van der Waals surface area contributed by atoms with E-state index in [-0.39, 0.29) is 16.9 Å². The molecule has 0 bridgehead atoms. The molecule has 2 fully saturated rings. The van der Waals surface area contributed by atoms with Gasteiger partial charge in [-0.25, -0.2) is 0 Å². The van der Waals surface area contributed by atoms with Gasteiger partial charge in [-0.3, -0.25) is 4.79 Å². The highest BCUT2D eigenvalue weighted by molar-refractivity contribution is 5.91. The lowest BCUT2D eigenvalue weighted by Crippen LogP contribution is -2.65. The van der Waals surface area contributed by atoms with Crippen molar-refractivity contribution in [2.24, 2.45) is 0 Å². The number of benzene rings is 2. The summed E-state index contributed by atoms with van der Waals surface area (Å²) in [5.41, 5.74) is -1.52. The van der Waals surface area contributed by atoms with Crippen LogP contribution >= 0.6 is 0 Å². The van der Waals surface area contributed by atoms with Crippen molar-refractivity contribution >= 4 is 11.0 Å². The van der Waals surface area contributed by atoms with E-state index in [1.54, 1.807) is 0 Å². The first-order valence-corrected chi connectivity index (χ1v) is 13.7. The van der Waals surface area contributed by atoms with Gasteiger partial charge in [0, 0.05) is 11.6 Å². The van der Waals surface area contributed by atoms with Crippen molar-refractivity contribution in [3.63, 3.8) is 0 Å². The van der Waals surface area contributed by atoms with Crippen molar-refractivity contribution in [1.82, 2.24) is 0 Å². The summed E-state index contributed by atoms with van der Waals surface area (Å²) in [6.07, 6.45) is -17.9. The van der Waals surface area contributed by atoms with Gasteiger partial charge in [-0.2, -0.15) is 0 Å². The van der Waals surface area contributed by atoms with E-state index in [4.69, 9.17) is 28.1 Å². The van der Waals surface area contributed by atoms with Crippen LogP contribution in [-0.4, -0.2) is 138 Å². The van der Waals surface area contributed by atoms with E-state index in [0.29, 0.717) is 0 Å². The maximum absolute atomic E-state index is 13.7. The molecule has 46 heavy (non-hydrogen) atoms. The third-order valence-corrected chi connectivity index (χ3v) is 7.71. The molecule has 0 amide bonds. The zero-order valence-electron chi connectivity index (χ0n) is 23.8. The molecule has 2 saturated heterocycles. The van der Waals surface area contributed by atoms with Crippen LogP contribution in [0.15, 0.2) is 33.5 Å². The first kappa shape index (κ1) is 33.4. The van der Waals surface area contributed by atoms with Crippen LogP contribution in [0.5, 0.6) is 34.5 Å². The molecule has 0 saturated carbocycles. The Kier molecular flexibility index (Phi) is 9.47. The molecule has 2 aliphatic heterocycles. The van der Waals surface area contributed by atoms with Gasteiger partial charge >= 0.3 is 0 Å². The Balaban J connectivity index is 1.52. The standard InChI is InChI=1S/C28H32O18/c1-41-12-5-11-15(18(35)16(12)33)19(36)26(24(42-11)8-2-3-9(31)10(32)4-8)46-28-23(40)21(38)25(14(7-30)44-28)45-27-22(39)20(37)17(34)13(6-29)43-27/h2-5,13-14,17,20-23,25,27-35,37-40H,6-7H2,1H3/t13-,14+,17-,20+,21+,22-,23-,25+,27-,28+/m1/s1. The molecule has 0 radical (unpaired) electrons. The van der Waals surface area contributed by atoms with Gasteiger partial charge in [0.2, 0.25) is 23.2 Å². The largest absolute Gasteiger partial charge is 0.504 e. The molecule has 0 aliphatic carbocycles. The number of aliphatic hydroxyl groups is 7. The van der Waals surface area contributed by atoms with Crippen LogP contribution in [-0.2, 0) is 14.2 Å². The Morgan fingerprint density at radius 3 is 2.04 bits per heavy atom. The van der Waals surface area contributed by atoms with Gasteiger partial charge in [-0.05, 0) is 18.2 Å². The van der Waals surface area contributed by atoms with E-state index in [0.717, 1.165) is 18.2 Å². The smallest absolute Gasteiger partial charge is 0.239 e. The van der Waals surface area contributed by atoms with Gasteiger partial charge in [-0.15, -0.1) is 0 Å². The average Bonchev–Trinajstić information content (AvgIpc) is 3.04. The van der Waals surface area contributed by atoms with Crippen molar-refractivity contribution in [1.29, 1.82) is 0 Å². The number of hydrogen-bond acceptors (Lipinski definition) is 18. The third kappa shape index (κ3) is 5.75. The summed E-state index contributed by atoms with van der Waals surface area (Å²) >= 11 is 0. The lowest BCUT2D eigenvalue weighted by Gasteiger charge is -2.45. The zero-order chi connectivity index (χ0) is 33.6. The lowest BCUT2D eigenvalue weighted by molar-refractivity contribution is -0.352. The van der Waals surface area contributed by atoms with E-state index in [1.165, 1.54) is 13.2 Å². The van der Waals surface area contributed by atoms with Crippen molar-refractivity contribution in [3.8, 4) is 45.8 Å². The molecule has 10 atom stereocenters. The summed E-state index contributed by atoms with van der Waals surface area (Å²) < 4.78 is 32.9. The number of phenols is 4. The second-order valence-corrected chi connectivity index (χ2v) is 10.6. The summed E-state index contributed by atoms with van der Waals surface area (Å²) in [4.78, 5) is 13.7. The first-order valence-electron chi connectivity index (χ1n) is 13.7. The Hall–Kier alpha value is -3.95. The van der Waals surface area contributed by atoms with Gasteiger partial charge < -0.3 is 84.3 Å². The highest BCUT2D eigenvalue weighted by atomic mass is 16.7. The Morgan fingerprint density at radius 2 is 1.41 bits per heavy atom. The maximum atomic E-state index is 13.7. The Morgan fingerprint density at radius 1 is 0.761 bits per heavy atom. The number of fused-ring (bicyclic) bond motifs is 1. The SMILES string of the molecule is COc1cc2oc(-c3ccc(O)c(O)c3)c(O[C@@H]3O[C@@H](CO)[C@H](O[C@H]4O[C@H](CO)[C@@H](O)[C@H](O)[C@H]4O)[C@@H](O)[C@H]3O)c(=O)c2c(O)c1O. The van der Waals surface area contributed by atoms with E-state index in [9.17, 15) is 61.0 Å². The second kappa shape index (κ2) is 13.0. The number of aliphatic hydroxyl groups excluding tert-OH is 7. The molecule has 18 heteroatoms. The van der Waals surface area contributed by atoms with E-state index in [1.807, 2.05) is 0 Å². The van der Waals surface area contributed by atoms with Gasteiger partial charge in [0.1, 0.15) is 59.8 Å². The minimum absolute atomic E-state index is 0.0655. The van der Waals surface area contributed by atoms with Crippen LogP contribution in [0.3, 0.4) is 0 Å². The fraction of sp³-hybridized carbons (Fsp3) is 0.464. The molecule has 2 aromatic carbocycles. The summed E-state index contributed by atoms with van der Waals surface area (Å²) in [6, 6.07) is 4.36. The molecule has 18 nitrogen and oxygen atoms in total. The second-order valence-electron chi connectivity index (χ2n) is 10.6. The highest BCUT2D eigenvalue weighted by Crippen LogP contribution is 2.44. The lowest BCUT2D eigenvalue weighted by atomic mass is 9.97. The van der Waals surface area contributed by atoms with Crippen molar-refractivity contribution in [3.05, 3.63) is 34.5 Å². The normalized spacial score (nSPS) is 31.6. The highest BCUT2D eigenvalue weighted by Gasteiger charge is 2.51. The van der Waals surface area contributed by atoms with E-state index < -0.39 is 120 Å². The summed E-state index contributed by atoms with van der Waals surface area (Å²) in [6.45, 7) is -1.70. The summed E-state index contributed by atoms with van der Waals surface area (Å²) in [5, 5.41) is 112. The number of rotatable bonds is 8. The quantitative estimate of drug-likeness (QED) is 0.110. The molecule has 0 unspecified atom stereocenters. The minimum atomic E-state index is -2.08. The van der Waals surface area contributed by atoms with Crippen LogP contribution < -0.4 is 14.9 Å². The topological polar surface area (TPSA) is 299 Å². The molecule has 252 valence electrons. The van der Waals surface area contributed by atoms with Crippen molar-refractivity contribution in [2.75, 3.05) is 20.3 Å².